The second kappa shape index (κ2) is 9.65. The van der Waals surface area contributed by atoms with Crippen LogP contribution < -0.4 is 0 Å². The molecule has 140 valence electrons. The average molecular weight is 439 g/mol. The van der Waals surface area contributed by atoms with Crippen LogP contribution in [0.15, 0.2) is 41.1 Å². The Labute approximate surface area is 166 Å². The lowest BCUT2D eigenvalue weighted by Crippen LogP contribution is -2.25. The monoisotopic (exact) mass is 438 g/mol. The van der Waals surface area contributed by atoms with Gasteiger partial charge in [-0.05, 0) is 50.5 Å². The van der Waals surface area contributed by atoms with Crippen LogP contribution in [0.2, 0.25) is 0 Å². The Morgan fingerprint density at radius 2 is 2.23 bits per heavy atom. The summed E-state index contributed by atoms with van der Waals surface area (Å²) in [5.74, 6) is 0.781. The molecule has 0 spiro atoms. The van der Waals surface area contributed by atoms with Gasteiger partial charge in [-0.15, -0.1) is 11.2 Å². The van der Waals surface area contributed by atoms with Gasteiger partial charge in [-0.1, -0.05) is 21.1 Å². The lowest BCUT2D eigenvalue weighted by molar-refractivity contribution is -0.188. The average Bonchev–Trinajstić information content (AvgIpc) is 3.14. The molecule has 1 fully saturated rings. The highest BCUT2D eigenvalue weighted by atomic mass is 79.9. The zero-order chi connectivity index (χ0) is 18.4. The smallest absolute Gasteiger partial charge is 0.158 e. The van der Waals surface area contributed by atoms with Gasteiger partial charge in [-0.3, -0.25) is 0 Å². The van der Waals surface area contributed by atoms with E-state index >= 15 is 0 Å². The quantitative estimate of drug-likeness (QED) is 0.747. The van der Waals surface area contributed by atoms with Gasteiger partial charge in [0, 0.05) is 29.0 Å². The summed E-state index contributed by atoms with van der Waals surface area (Å²) >= 11 is 4.86. The number of ether oxygens (including phenoxy) is 2. The maximum Gasteiger partial charge on any atom is 0.158 e. The zero-order valence-electron chi connectivity index (χ0n) is 14.7. The third-order valence-electron chi connectivity index (χ3n) is 4.18. The third-order valence-corrected chi connectivity index (χ3v) is 5.71. The van der Waals surface area contributed by atoms with Gasteiger partial charge in [0.1, 0.15) is 17.3 Å². The van der Waals surface area contributed by atoms with Crippen molar-refractivity contribution in [2.24, 2.45) is 0 Å². The van der Waals surface area contributed by atoms with Crippen LogP contribution in [0.4, 0.5) is 0 Å². The molecule has 2 heterocycles. The molecule has 1 N–H and O–H groups in total. The number of imidazole rings is 1. The van der Waals surface area contributed by atoms with Crippen LogP contribution in [0.5, 0.6) is 0 Å². The Balaban J connectivity index is 1.73. The largest absolute Gasteiger partial charge is 0.393 e. The van der Waals surface area contributed by atoms with Crippen molar-refractivity contribution in [3.63, 3.8) is 0 Å². The number of benzene rings is 1. The van der Waals surface area contributed by atoms with Crippen molar-refractivity contribution < 1.29 is 14.6 Å². The van der Waals surface area contributed by atoms with Gasteiger partial charge in [-0.2, -0.15) is 0 Å². The van der Waals surface area contributed by atoms with Crippen LogP contribution >= 0.6 is 27.1 Å². The van der Waals surface area contributed by atoms with Crippen molar-refractivity contribution >= 4 is 27.1 Å². The molecule has 0 saturated carbocycles. The molecule has 2 aromatic rings. The Kier molecular flexibility index (Phi) is 7.25. The molecule has 3 rings (SSSR count). The van der Waals surface area contributed by atoms with Crippen molar-refractivity contribution in [2.45, 2.75) is 44.0 Å². The number of aliphatic hydroxyl groups is 1. The standard InChI is InChI=1S/C19H23BrN2O3S/c1-14(25-18-4-2-3-11-24-18)19-21-9-10-22(19)17(12-23)26-13-15-5-7-16(20)8-6-15/h5-10,14,17-18,23H,2-4,11-12H2,1H3/t14-,17-,18?/m0/s1. The maximum absolute atomic E-state index is 9.87. The van der Waals surface area contributed by atoms with E-state index in [0.29, 0.717) is 0 Å². The Morgan fingerprint density at radius 1 is 1.42 bits per heavy atom. The summed E-state index contributed by atoms with van der Waals surface area (Å²) in [6.07, 6.45) is 6.34. The predicted octanol–water partition coefficient (Wildman–Crippen LogP) is 4.48. The molecule has 7 heteroatoms. The molecule has 1 aliphatic heterocycles. The van der Waals surface area contributed by atoms with Gasteiger partial charge in [0.05, 0.1) is 6.61 Å². The van der Waals surface area contributed by atoms with Crippen LogP contribution in [0.1, 0.15) is 49.1 Å². The van der Waals surface area contributed by atoms with Crippen LogP contribution in [-0.2, 0) is 9.47 Å². The van der Waals surface area contributed by atoms with Crippen LogP contribution in [0, 0.1) is 5.18 Å². The normalized spacial score (nSPS) is 19.6. The van der Waals surface area contributed by atoms with Gasteiger partial charge in [-0.25, -0.2) is 4.98 Å². The van der Waals surface area contributed by atoms with Gasteiger partial charge >= 0.3 is 0 Å². The van der Waals surface area contributed by atoms with E-state index in [0.717, 1.165) is 41.7 Å². The summed E-state index contributed by atoms with van der Waals surface area (Å²) < 4.78 is 14.7. The molecule has 0 amide bonds. The molecule has 1 aliphatic rings. The molecule has 1 aromatic heterocycles. The minimum Gasteiger partial charge on any atom is -0.393 e. The first kappa shape index (κ1) is 19.5. The summed E-state index contributed by atoms with van der Waals surface area (Å²) in [7, 11) is 0. The highest BCUT2D eigenvalue weighted by molar-refractivity contribution is 9.10. The predicted molar refractivity (Wildman–Crippen MR) is 106 cm³/mol. The molecule has 0 radical (unpaired) electrons. The molecule has 0 aliphatic carbocycles. The topological polar surface area (TPSA) is 56.5 Å². The molecule has 1 saturated heterocycles. The fraction of sp³-hybridized carbons (Fsp3) is 0.474. The van der Waals surface area contributed by atoms with Crippen LogP contribution in [-0.4, -0.2) is 34.2 Å². The van der Waals surface area contributed by atoms with Gasteiger partial charge < -0.3 is 19.1 Å². The van der Waals surface area contributed by atoms with E-state index in [1.54, 1.807) is 6.20 Å². The highest BCUT2D eigenvalue weighted by Gasteiger charge is 2.22. The number of aromatic nitrogens is 2. The first-order chi connectivity index (χ1) is 12.7. The first-order valence-electron chi connectivity index (χ1n) is 8.75. The SMILES string of the molecule is C[C@H](OC1CCCCO1)c1nccn1[C@H](CO)S#Cc1ccc(Br)cc1. The zero-order valence-corrected chi connectivity index (χ0v) is 17.1. The van der Waals surface area contributed by atoms with E-state index in [1.807, 2.05) is 42.0 Å². The number of rotatable bonds is 5. The summed E-state index contributed by atoms with van der Waals surface area (Å²) in [6, 6.07) is 7.90. The van der Waals surface area contributed by atoms with Gasteiger partial charge in [0.25, 0.3) is 0 Å². The van der Waals surface area contributed by atoms with E-state index in [4.69, 9.17) is 9.47 Å². The number of aliphatic hydroxyl groups excluding tert-OH is 1. The summed E-state index contributed by atoms with van der Waals surface area (Å²) in [6.45, 7) is 2.69. The van der Waals surface area contributed by atoms with Crippen LogP contribution in [0.25, 0.3) is 0 Å². The lowest BCUT2D eigenvalue weighted by Gasteiger charge is -2.26. The molecule has 1 unspecified atom stereocenters. The Bertz CT molecular complexity index is 763. The lowest BCUT2D eigenvalue weighted by atomic mass is 10.2. The molecule has 0 bridgehead atoms. The summed E-state index contributed by atoms with van der Waals surface area (Å²) in [5, 5.41) is 12.9. The summed E-state index contributed by atoms with van der Waals surface area (Å²) in [4.78, 5) is 4.44. The Hall–Kier alpha value is -1.21. The fourth-order valence-corrected chi connectivity index (χ4v) is 3.86. The van der Waals surface area contributed by atoms with Crippen molar-refractivity contribution in [2.75, 3.05) is 13.2 Å². The minimum atomic E-state index is -0.213. The molecule has 5 nitrogen and oxygen atoms in total. The first-order valence-corrected chi connectivity index (χ1v) is 10.4. The van der Waals surface area contributed by atoms with Crippen molar-refractivity contribution in [1.82, 2.24) is 9.55 Å². The number of halogens is 1. The second-order valence-electron chi connectivity index (χ2n) is 6.13. The molecule has 26 heavy (non-hydrogen) atoms. The third kappa shape index (κ3) is 5.16. The Morgan fingerprint density at radius 3 is 2.92 bits per heavy atom. The minimum absolute atomic E-state index is 0.0236. The van der Waals surface area contributed by atoms with Crippen molar-refractivity contribution in [3.05, 3.63) is 52.5 Å². The van der Waals surface area contributed by atoms with Crippen LogP contribution in [0.3, 0.4) is 0 Å². The van der Waals surface area contributed by atoms with E-state index in [2.05, 4.69) is 26.1 Å². The number of hydrogen-bond donors (Lipinski definition) is 1. The highest BCUT2D eigenvalue weighted by Crippen LogP contribution is 2.26. The number of hydrogen-bond acceptors (Lipinski definition) is 4. The molecular formula is C19H23BrN2O3S. The van der Waals surface area contributed by atoms with Crippen molar-refractivity contribution in [3.8, 4) is 5.18 Å². The number of nitrogens with zero attached hydrogens (tertiary/aromatic N) is 2. The van der Waals surface area contributed by atoms with Crippen molar-refractivity contribution in [1.29, 1.82) is 0 Å². The van der Waals surface area contributed by atoms with E-state index in [1.165, 1.54) is 11.2 Å². The molecular weight excluding hydrogens is 416 g/mol. The van der Waals surface area contributed by atoms with Gasteiger partial charge in [0.15, 0.2) is 6.29 Å². The second-order valence-corrected chi connectivity index (χ2v) is 8.03. The maximum atomic E-state index is 9.87. The van der Waals surface area contributed by atoms with Gasteiger partial charge in [0.2, 0.25) is 0 Å². The molecule has 1 aromatic carbocycles. The fourth-order valence-electron chi connectivity index (χ4n) is 2.83. The van der Waals surface area contributed by atoms with E-state index in [-0.39, 0.29) is 24.4 Å². The molecule has 3 atom stereocenters. The van der Waals surface area contributed by atoms with E-state index < -0.39 is 0 Å². The van der Waals surface area contributed by atoms with E-state index in [9.17, 15) is 5.11 Å². The summed E-state index contributed by atoms with van der Waals surface area (Å²) in [5.41, 5.74) is 0.971.